The summed E-state index contributed by atoms with van der Waals surface area (Å²) < 4.78 is 7.79. The van der Waals surface area contributed by atoms with Crippen LogP contribution in [0.4, 0.5) is 0 Å². The molecule has 2 aromatic heterocycles. The quantitative estimate of drug-likeness (QED) is 0.557. The van der Waals surface area contributed by atoms with Crippen molar-refractivity contribution in [2.45, 2.75) is 50.6 Å². The monoisotopic (exact) mass is 387 g/mol. The van der Waals surface area contributed by atoms with E-state index >= 15 is 0 Å². The summed E-state index contributed by atoms with van der Waals surface area (Å²) >= 11 is 0. The highest BCUT2D eigenvalue weighted by Gasteiger charge is 2.37. The molecule has 1 aliphatic rings. The van der Waals surface area contributed by atoms with Gasteiger partial charge in [-0.1, -0.05) is 48.3 Å². The minimum Gasteiger partial charge on any atom is -0.339 e. The summed E-state index contributed by atoms with van der Waals surface area (Å²) in [6.07, 6.45) is 6.19. The molecule has 0 radical (unpaired) electrons. The van der Waals surface area contributed by atoms with Gasteiger partial charge >= 0.3 is 0 Å². The van der Waals surface area contributed by atoms with E-state index in [1.165, 1.54) is 5.56 Å². The van der Waals surface area contributed by atoms with Gasteiger partial charge in [-0.15, -0.1) is 0 Å². The maximum absolute atomic E-state index is 6.51. The van der Waals surface area contributed by atoms with Gasteiger partial charge in [0.1, 0.15) is 0 Å². The Hall–Kier alpha value is -2.99. The SMILES string of the molecule is CC1(N)CCCCC1c1nc(-c2cccc(Cn3cnc4ccccc43)c2)no1. The molecule has 5 rings (SSSR count). The van der Waals surface area contributed by atoms with E-state index < -0.39 is 0 Å². The van der Waals surface area contributed by atoms with Crippen molar-refractivity contribution in [1.82, 2.24) is 19.7 Å². The number of hydrogen-bond donors (Lipinski definition) is 1. The van der Waals surface area contributed by atoms with Gasteiger partial charge in [0.15, 0.2) is 0 Å². The predicted molar refractivity (Wildman–Crippen MR) is 112 cm³/mol. The third kappa shape index (κ3) is 3.44. The van der Waals surface area contributed by atoms with Crippen molar-refractivity contribution < 1.29 is 4.52 Å². The molecule has 0 aliphatic heterocycles. The number of aromatic nitrogens is 4. The van der Waals surface area contributed by atoms with Gasteiger partial charge in [0.05, 0.1) is 23.3 Å². The molecule has 0 spiro atoms. The van der Waals surface area contributed by atoms with E-state index in [1.54, 1.807) is 0 Å². The van der Waals surface area contributed by atoms with Crippen LogP contribution in [0, 0.1) is 0 Å². The fourth-order valence-corrected chi connectivity index (χ4v) is 4.40. The highest BCUT2D eigenvalue weighted by molar-refractivity contribution is 5.75. The van der Waals surface area contributed by atoms with Crippen LogP contribution in [0.3, 0.4) is 0 Å². The fourth-order valence-electron chi connectivity index (χ4n) is 4.40. The average molecular weight is 387 g/mol. The highest BCUT2D eigenvalue weighted by atomic mass is 16.5. The van der Waals surface area contributed by atoms with E-state index in [2.05, 4.69) is 39.8 Å². The first-order chi connectivity index (χ1) is 14.1. The molecule has 6 nitrogen and oxygen atoms in total. The van der Waals surface area contributed by atoms with Crippen molar-refractivity contribution in [1.29, 1.82) is 0 Å². The van der Waals surface area contributed by atoms with Crippen LogP contribution in [0.15, 0.2) is 59.4 Å². The van der Waals surface area contributed by atoms with Crippen molar-refractivity contribution in [3.63, 3.8) is 0 Å². The lowest BCUT2D eigenvalue weighted by molar-refractivity contribution is 0.223. The summed E-state index contributed by atoms with van der Waals surface area (Å²) in [5.74, 6) is 1.41. The fraction of sp³-hybridized carbons (Fsp3) is 0.348. The van der Waals surface area contributed by atoms with Gasteiger partial charge in [0.2, 0.25) is 11.7 Å². The van der Waals surface area contributed by atoms with E-state index in [9.17, 15) is 0 Å². The Morgan fingerprint density at radius 3 is 2.97 bits per heavy atom. The number of benzene rings is 2. The molecule has 29 heavy (non-hydrogen) atoms. The van der Waals surface area contributed by atoms with Gasteiger partial charge in [-0.3, -0.25) is 0 Å². The number of hydrogen-bond acceptors (Lipinski definition) is 5. The molecule has 2 atom stereocenters. The van der Waals surface area contributed by atoms with Crippen LogP contribution < -0.4 is 5.73 Å². The molecule has 4 aromatic rings. The van der Waals surface area contributed by atoms with Crippen LogP contribution in [0.25, 0.3) is 22.4 Å². The number of rotatable bonds is 4. The topological polar surface area (TPSA) is 82.8 Å². The van der Waals surface area contributed by atoms with Gasteiger partial charge < -0.3 is 14.8 Å². The van der Waals surface area contributed by atoms with E-state index in [0.717, 1.165) is 48.8 Å². The molecule has 148 valence electrons. The van der Waals surface area contributed by atoms with Gasteiger partial charge in [0.25, 0.3) is 0 Å². The first kappa shape index (κ1) is 18.1. The van der Waals surface area contributed by atoms with Gasteiger partial charge in [-0.2, -0.15) is 4.98 Å². The summed E-state index contributed by atoms with van der Waals surface area (Å²) in [5, 5.41) is 4.25. The number of nitrogens with two attached hydrogens (primary N) is 1. The Kier molecular flexibility index (Phi) is 4.43. The largest absolute Gasteiger partial charge is 0.339 e. The smallest absolute Gasteiger partial charge is 0.231 e. The number of para-hydroxylation sites is 2. The van der Waals surface area contributed by atoms with E-state index in [1.807, 2.05) is 36.7 Å². The molecule has 1 aliphatic carbocycles. The summed E-state index contributed by atoms with van der Waals surface area (Å²) in [6.45, 7) is 2.83. The van der Waals surface area contributed by atoms with Crippen molar-refractivity contribution in [2.75, 3.05) is 0 Å². The molecular weight excluding hydrogens is 362 g/mol. The standard InChI is InChI=1S/C23H25N5O/c1-23(24)12-5-4-9-18(23)22-26-21(27-29-22)17-8-6-7-16(13-17)14-28-15-25-19-10-2-3-11-20(19)28/h2-3,6-8,10-11,13,15,18H,4-5,9,12,14,24H2,1H3. The van der Waals surface area contributed by atoms with Crippen LogP contribution in [0.2, 0.25) is 0 Å². The molecule has 0 bridgehead atoms. The Labute approximate surface area is 169 Å². The Bertz CT molecular complexity index is 1140. The average Bonchev–Trinajstić information content (AvgIpc) is 3.36. The van der Waals surface area contributed by atoms with Crippen LogP contribution in [-0.4, -0.2) is 25.2 Å². The number of fused-ring (bicyclic) bond motifs is 1. The van der Waals surface area contributed by atoms with Gasteiger partial charge in [0, 0.05) is 17.6 Å². The van der Waals surface area contributed by atoms with Crippen molar-refractivity contribution in [2.24, 2.45) is 5.73 Å². The van der Waals surface area contributed by atoms with Crippen molar-refractivity contribution in [3.05, 3.63) is 66.3 Å². The van der Waals surface area contributed by atoms with E-state index in [0.29, 0.717) is 11.7 Å². The lowest BCUT2D eigenvalue weighted by atomic mass is 9.74. The Morgan fingerprint density at radius 1 is 1.17 bits per heavy atom. The van der Waals surface area contributed by atoms with Crippen LogP contribution in [0.5, 0.6) is 0 Å². The van der Waals surface area contributed by atoms with Crippen molar-refractivity contribution >= 4 is 11.0 Å². The lowest BCUT2D eigenvalue weighted by Crippen LogP contribution is -2.44. The second-order valence-electron chi connectivity index (χ2n) is 8.32. The summed E-state index contributed by atoms with van der Waals surface area (Å²) in [4.78, 5) is 9.19. The molecule has 2 aromatic carbocycles. The Morgan fingerprint density at radius 2 is 2.07 bits per heavy atom. The first-order valence-electron chi connectivity index (χ1n) is 10.2. The van der Waals surface area contributed by atoms with Crippen molar-refractivity contribution in [3.8, 4) is 11.4 Å². The summed E-state index contributed by atoms with van der Waals surface area (Å²) in [5.41, 5.74) is 10.5. The maximum atomic E-state index is 6.51. The minimum atomic E-state index is -0.285. The predicted octanol–water partition coefficient (Wildman–Crippen LogP) is 4.51. The molecule has 0 saturated heterocycles. The first-order valence-corrected chi connectivity index (χ1v) is 10.2. The maximum Gasteiger partial charge on any atom is 0.231 e. The Balaban J connectivity index is 1.41. The molecule has 1 fully saturated rings. The summed E-state index contributed by atoms with van der Waals surface area (Å²) in [7, 11) is 0. The zero-order valence-corrected chi connectivity index (χ0v) is 16.6. The van der Waals surface area contributed by atoms with E-state index in [-0.39, 0.29) is 11.5 Å². The second-order valence-corrected chi connectivity index (χ2v) is 8.32. The second kappa shape index (κ2) is 7.12. The normalized spacial score (nSPS) is 22.2. The van der Waals surface area contributed by atoms with Crippen LogP contribution in [0.1, 0.15) is 50.0 Å². The molecule has 1 saturated carbocycles. The summed E-state index contributed by atoms with van der Waals surface area (Å²) in [6, 6.07) is 16.4. The molecule has 2 unspecified atom stereocenters. The lowest BCUT2D eigenvalue weighted by Gasteiger charge is -2.35. The molecule has 2 heterocycles. The zero-order valence-electron chi connectivity index (χ0n) is 16.6. The van der Waals surface area contributed by atoms with Gasteiger partial charge in [-0.25, -0.2) is 4.98 Å². The van der Waals surface area contributed by atoms with Crippen LogP contribution in [-0.2, 0) is 6.54 Å². The van der Waals surface area contributed by atoms with Crippen LogP contribution >= 0.6 is 0 Å². The zero-order chi connectivity index (χ0) is 19.8. The molecule has 2 N–H and O–H groups in total. The third-order valence-corrected chi connectivity index (χ3v) is 6.06. The van der Waals surface area contributed by atoms with Gasteiger partial charge in [-0.05, 0) is 43.5 Å². The number of imidazole rings is 1. The number of nitrogens with zero attached hydrogens (tertiary/aromatic N) is 4. The highest BCUT2D eigenvalue weighted by Crippen LogP contribution is 2.38. The third-order valence-electron chi connectivity index (χ3n) is 6.06. The van der Waals surface area contributed by atoms with E-state index in [4.69, 9.17) is 15.2 Å². The molecular formula is C23H25N5O. The molecule has 6 heteroatoms. The molecule has 0 amide bonds. The minimum absolute atomic E-state index is 0.123.